The fraction of sp³-hybridized carbons (Fsp3) is 0.550. The van der Waals surface area contributed by atoms with Crippen LogP contribution in [0.1, 0.15) is 32.8 Å². The zero-order valence-corrected chi connectivity index (χ0v) is 16.4. The van der Waals surface area contributed by atoms with Gasteiger partial charge in [0.2, 0.25) is 5.91 Å². The number of benzene rings is 1. The average molecular weight is 392 g/mol. The Morgan fingerprint density at radius 1 is 1.18 bits per heavy atom. The molecule has 0 radical (unpaired) electrons. The summed E-state index contributed by atoms with van der Waals surface area (Å²) in [7, 11) is 0. The largest absolute Gasteiger partial charge is 0.508 e. The number of phenols is 1. The lowest BCUT2D eigenvalue weighted by Crippen LogP contribution is -2.50. The first kappa shape index (κ1) is 21.7. The molecule has 8 nitrogen and oxygen atoms in total. The maximum Gasteiger partial charge on any atom is 0.338 e. The van der Waals surface area contributed by atoms with E-state index in [9.17, 15) is 19.5 Å². The van der Waals surface area contributed by atoms with Crippen molar-refractivity contribution in [2.45, 2.75) is 51.9 Å². The summed E-state index contributed by atoms with van der Waals surface area (Å²) in [6.07, 6.45) is -0.790. The highest BCUT2D eigenvalue weighted by Crippen LogP contribution is 2.24. The van der Waals surface area contributed by atoms with E-state index in [2.05, 4.69) is 24.5 Å². The Morgan fingerprint density at radius 3 is 2.46 bits per heavy atom. The fourth-order valence-corrected chi connectivity index (χ4v) is 2.65. The van der Waals surface area contributed by atoms with Gasteiger partial charge in [0, 0.05) is 13.0 Å². The molecule has 2 rings (SSSR count). The van der Waals surface area contributed by atoms with Crippen LogP contribution in [0.4, 0.5) is 0 Å². The summed E-state index contributed by atoms with van der Waals surface area (Å²) in [4.78, 5) is 36.6. The van der Waals surface area contributed by atoms with Gasteiger partial charge in [-0.1, -0.05) is 26.0 Å². The van der Waals surface area contributed by atoms with Gasteiger partial charge in [-0.05, 0) is 37.0 Å². The Kier molecular flexibility index (Phi) is 7.80. The van der Waals surface area contributed by atoms with Crippen LogP contribution in [0.15, 0.2) is 24.3 Å². The minimum atomic E-state index is -0.940. The lowest BCUT2D eigenvalue weighted by Gasteiger charge is -2.19. The van der Waals surface area contributed by atoms with E-state index < -0.39 is 30.1 Å². The molecule has 0 unspecified atom stereocenters. The van der Waals surface area contributed by atoms with Gasteiger partial charge in [0.15, 0.2) is 12.2 Å². The number of phenolic OH excluding ortho intramolecular Hbond substituents is 1. The van der Waals surface area contributed by atoms with Crippen LogP contribution in [0.3, 0.4) is 0 Å². The number of ether oxygens (including phenoxy) is 2. The van der Waals surface area contributed by atoms with Crippen molar-refractivity contribution < 1.29 is 29.0 Å². The molecule has 0 saturated carbocycles. The van der Waals surface area contributed by atoms with E-state index in [0.29, 0.717) is 12.5 Å². The molecule has 154 valence electrons. The number of hydrogen-bond donors (Lipinski definition) is 3. The van der Waals surface area contributed by atoms with Crippen molar-refractivity contribution >= 4 is 17.8 Å². The molecule has 0 bridgehead atoms. The van der Waals surface area contributed by atoms with Gasteiger partial charge in [-0.25, -0.2) is 4.79 Å². The van der Waals surface area contributed by atoms with E-state index in [-0.39, 0.29) is 24.7 Å². The molecule has 1 aromatic rings. The molecule has 1 fully saturated rings. The van der Waals surface area contributed by atoms with E-state index >= 15 is 0 Å². The van der Waals surface area contributed by atoms with Crippen LogP contribution in [0.5, 0.6) is 5.75 Å². The quantitative estimate of drug-likeness (QED) is 0.403. The summed E-state index contributed by atoms with van der Waals surface area (Å²) in [6.45, 7) is 6.49. The van der Waals surface area contributed by atoms with Crippen molar-refractivity contribution in [3.05, 3.63) is 29.8 Å². The molecule has 1 aliphatic heterocycles. The highest BCUT2D eigenvalue weighted by Gasteiger charge is 2.52. The number of nitrogens with one attached hydrogen (secondary N) is 2. The van der Waals surface area contributed by atoms with Crippen molar-refractivity contribution in [1.29, 1.82) is 0 Å². The number of epoxide rings is 1. The predicted octanol–water partition coefficient (Wildman–Crippen LogP) is 0.912. The van der Waals surface area contributed by atoms with Gasteiger partial charge in [0.05, 0.1) is 6.61 Å². The molecule has 2 amide bonds. The predicted molar refractivity (Wildman–Crippen MR) is 102 cm³/mol. The molecule has 0 spiro atoms. The van der Waals surface area contributed by atoms with E-state index in [0.717, 1.165) is 12.0 Å². The number of aromatic hydroxyl groups is 1. The summed E-state index contributed by atoms with van der Waals surface area (Å²) < 4.78 is 9.94. The van der Waals surface area contributed by atoms with Crippen LogP contribution in [0, 0.1) is 5.92 Å². The number of amides is 2. The highest BCUT2D eigenvalue weighted by molar-refractivity contribution is 5.95. The van der Waals surface area contributed by atoms with Crippen molar-refractivity contribution in [1.82, 2.24) is 10.6 Å². The molecule has 1 aromatic carbocycles. The van der Waals surface area contributed by atoms with E-state index in [1.165, 1.54) is 12.1 Å². The summed E-state index contributed by atoms with van der Waals surface area (Å²) >= 11 is 0. The number of esters is 1. The van der Waals surface area contributed by atoms with Gasteiger partial charge in [-0.2, -0.15) is 0 Å². The van der Waals surface area contributed by atoms with Crippen molar-refractivity contribution in [3.8, 4) is 5.75 Å². The SMILES string of the molecule is CCOC(=O)[C@H]1O[C@@H]1C(=O)N[C@@H](Cc1ccc(O)cc1)C(=O)NCCC(C)C. The van der Waals surface area contributed by atoms with Gasteiger partial charge in [0.1, 0.15) is 11.8 Å². The molecule has 28 heavy (non-hydrogen) atoms. The van der Waals surface area contributed by atoms with Crippen LogP contribution in [0.2, 0.25) is 0 Å². The number of carbonyl (C=O) groups is 3. The molecule has 1 heterocycles. The summed E-state index contributed by atoms with van der Waals surface area (Å²) in [5.41, 5.74) is 0.778. The second-order valence-electron chi connectivity index (χ2n) is 7.13. The Hall–Kier alpha value is -2.61. The molecule has 8 heteroatoms. The van der Waals surface area contributed by atoms with E-state index in [4.69, 9.17) is 9.47 Å². The van der Waals surface area contributed by atoms with Gasteiger partial charge in [-0.3, -0.25) is 9.59 Å². The molecule has 3 N–H and O–H groups in total. The molecular formula is C20H28N2O6. The van der Waals surface area contributed by atoms with E-state index in [1.54, 1.807) is 19.1 Å². The van der Waals surface area contributed by atoms with Crippen LogP contribution in [-0.2, 0) is 30.3 Å². The molecule has 1 aliphatic rings. The molecule has 1 saturated heterocycles. The number of hydrogen-bond acceptors (Lipinski definition) is 6. The summed E-state index contributed by atoms with van der Waals surface area (Å²) in [5.74, 6) is -0.861. The minimum Gasteiger partial charge on any atom is -0.508 e. The fourth-order valence-electron chi connectivity index (χ4n) is 2.65. The third-order valence-electron chi connectivity index (χ3n) is 4.30. The maximum atomic E-state index is 12.6. The molecular weight excluding hydrogens is 364 g/mol. The number of carbonyl (C=O) groups excluding carboxylic acids is 3. The minimum absolute atomic E-state index is 0.120. The van der Waals surface area contributed by atoms with Crippen molar-refractivity contribution in [2.24, 2.45) is 5.92 Å². The monoisotopic (exact) mass is 392 g/mol. The summed E-state index contributed by atoms with van der Waals surface area (Å²) in [6, 6.07) is 5.59. The first-order chi connectivity index (χ1) is 13.3. The second-order valence-corrected chi connectivity index (χ2v) is 7.13. The van der Waals surface area contributed by atoms with Crippen molar-refractivity contribution in [3.63, 3.8) is 0 Å². The van der Waals surface area contributed by atoms with Gasteiger partial charge in [0.25, 0.3) is 5.91 Å². The van der Waals surface area contributed by atoms with Gasteiger partial charge >= 0.3 is 5.97 Å². The zero-order valence-electron chi connectivity index (χ0n) is 16.4. The van der Waals surface area contributed by atoms with Crippen LogP contribution in [0.25, 0.3) is 0 Å². The Labute approximate surface area is 164 Å². The molecule has 0 aromatic heterocycles. The Bertz CT molecular complexity index is 688. The summed E-state index contributed by atoms with van der Waals surface area (Å²) in [5, 5.41) is 14.9. The Morgan fingerprint density at radius 2 is 1.86 bits per heavy atom. The first-order valence-electron chi connectivity index (χ1n) is 9.49. The molecule has 3 atom stereocenters. The second kappa shape index (κ2) is 10.1. The first-order valence-corrected chi connectivity index (χ1v) is 9.49. The van der Waals surface area contributed by atoms with Crippen LogP contribution >= 0.6 is 0 Å². The van der Waals surface area contributed by atoms with E-state index in [1.807, 2.05) is 0 Å². The lowest BCUT2D eigenvalue weighted by atomic mass is 10.0. The standard InChI is InChI=1S/C20H28N2O6/c1-4-27-20(26)17-16(28-17)19(25)22-15(18(24)21-10-9-12(2)3)11-13-5-7-14(23)8-6-13/h5-8,12,15-17,23H,4,9-11H2,1-3H3,(H,21,24)(H,22,25)/t15-,16-,17-/m0/s1. The Balaban J connectivity index is 1.99. The normalized spacial score (nSPS) is 19.0. The third-order valence-corrected chi connectivity index (χ3v) is 4.30. The highest BCUT2D eigenvalue weighted by atomic mass is 16.6. The number of rotatable bonds is 10. The average Bonchev–Trinajstić information content (AvgIpc) is 3.44. The lowest BCUT2D eigenvalue weighted by molar-refractivity contribution is -0.144. The van der Waals surface area contributed by atoms with Crippen molar-refractivity contribution in [2.75, 3.05) is 13.2 Å². The zero-order chi connectivity index (χ0) is 20.7. The topological polar surface area (TPSA) is 117 Å². The maximum absolute atomic E-state index is 12.6. The smallest absolute Gasteiger partial charge is 0.338 e. The van der Waals surface area contributed by atoms with Gasteiger partial charge < -0.3 is 25.2 Å². The van der Waals surface area contributed by atoms with Crippen LogP contribution < -0.4 is 10.6 Å². The van der Waals surface area contributed by atoms with Crippen LogP contribution in [-0.4, -0.2) is 54.3 Å². The molecule has 0 aliphatic carbocycles. The third kappa shape index (κ3) is 6.53. The van der Waals surface area contributed by atoms with Gasteiger partial charge in [-0.15, -0.1) is 0 Å².